The standard InChI is InChI=1S/C23H27N3O6S/c1-4-16-8-5-7-15(2)21(16)25-20(27)14-32-23(29)19(11-12-33-3)24-22(28)17-9-6-10-18(13-17)26(30)31/h5-10,13,19H,4,11-12,14H2,1-3H3,(H,24,28)(H,25,27). The number of ether oxygens (including phenoxy) is 1. The lowest BCUT2D eigenvalue weighted by Crippen LogP contribution is -2.43. The highest BCUT2D eigenvalue weighted by molar-refractivity contribution is 7.98. The summed E-state index contributed by atoms with van der Waals surface area (Å²) in [5.41, 5.74) is 2.38. The summed E-state index contributed by atoms with van der Waals surface area (Å²) in [5, 5.41) is 16.3. The summed E-state index contributed by atoms with van der Waals surface area (Å²) in [6.07, 6.45) is 2.86. The van der Waals surface area contributed by atoms with Crippen molar-refractivity contribution >= 4 is 40.9 Å². The maximum Gasteiger partial charge on any atom is 0.329 e. The van der Waals surface area contributed by atoms with Crippen LogP contribution in [0.3, 0.4) is 0 Å². The van der Waals surface area contributed by atoms with E-state index in [4.69, 9.17) is 4.74 Å². The van der Waals surface area contributed by atoms with Gasteiger partial charge in [-0.25, -0.2) is 4.79 Å². The smallest absolute Gasteiger partial charge is 0.329 e. The normalized spacial score (nSPS) is 11.4. The fourth-order valence-electron chi connectivity index (χ4n) is 3.10. The quantitative estimate of drug-likeness (QED) is 0.290. The van der Waals surface area contributed by atoms with E-state index in [9.17, 15) is 24.5 Å². The van der Waals surface area contributed by atoms with Crippen molar-refractivity contribution in [3.63, 3.8) is 0 Å². The Morgan fingerprint density at radius 3 is 2.58 bits per heavy atom. The molecule has 2 N–H and O–H groups in total. The van der Waals surface area contributed by atoms with E-state index in [1.807, 2.05) is 38.3 Å². The lowest BCUT2D eigenvalue weighted by atomic mass is 10.1. The molecule has 176 valence electrons. The Kier molecular flexibility index (Phi) is 9.86. The number of benzene rings is 2. The highest BCUT2D eigenvalue weighted by atomic mass is 32.2. The van der Waals surface area contributed by atoms with Crippen LogP contribution in [0.5, 0.6) is 0 Å². The molecule has 2 amide bonds. The van der Waals surface area contributed by atoms with E-state index in [0.717, 1.165) is 23.6 Å². The number of nitro groups is 1. The number of thioether (sulfide) groups is 1. The number of esters is 1. The van der Waals surface area contributed by atoms with Crippen LogP contribution in [0.2, 0.25) is 0 Å². The number of nitrogens with one attached hydrogen (secondary N) is 2. The van der Waals surface area contributed by atoms with Crippen LogP contribution in [0.25, 0.3) is 0 Å². The summed E-state index contributed by atoms with van der Waals surface area (Å²) >= 11 is 1.48. The molecule has 0 bridgehead atoms. The summed E-state index contributed by atoms with van der Waals surface area (Å²) in [6, 6.07) is 9.91. The number of carbonyl (C=O) groups excluding carboxylic acids is 3. The zero-order chi connectivity index (χ0) is 24.4. The molecular formula is C23H27N3O6S. The van der Waals surface area contributed by atoms with E-state index in [0.29, 0.717) is 11.4 Å². The van der Waals surface area contributed by atoms with Gasteiger partial charge < -0.3 is 15.4 Å². The molecular weight excluding hydrogens is 446 g/mol. The molecule has 9 nitrogen and oxygen atoms in total. The third-order valence-electron chi connectivity index (χ3n) is 4.87. The van der Waals surface area contributed by atoms with Crippen LogP contribution < -0.4 is 10.6 Å². The number of aryl methyl sites for hydroxylation is 2. The van der Waals surface area contributed by atoms with Gasteiger partial charge >= 0.3 is 5.97 Å². The van der Waals surface area contributed by atoms with Crippen LogP contribution in [-0.2, 0) is 20.7 Å². The number of amides is 2. The topological polar surface area (TPSA) is 128 Å². The van der Waals surface area contributed by atoms with Crippen LogP contribution in [0.4, 0.5) is 11.4 Å². The van der Waals surface area contributed by atoms with E-state index in [2.05, 4.69) is 10.6 Å². The second kappa shape index (κ2) is 12.6. The lowest BCUT2D eigenvalue weighted by molar-refractivity contribution is -0.384. The number of rotatable bonds is 11. The second-order valence-electron chi connectivity index (χ2n) is 7.23. The van der Waals surface area contributed by atoms with Gasteiger partial charge in [0.15, 0.2) is 6.61 Å². The Balaban J connectivity index is 2.02. The van der Waals surface area contributed by atoms with Crippen LogP contribution in [0, 0.1) is 17.0 Å². The third-order valence-corrected chi connectivity index (χ3v) is 5.51. The molecule has 10 heteroatoms. The van der Waals surface area contributed by atoms with Crippen LogP contribution >= 0.6 is 11.8 Å². The van der Waals surface area contributed by atoms with Crippen molar-refractivity contribution in [1.82, 2.24) is 5.32 Å². The molecule has 2 aromatic rings. The average Bonchev–Trinajstić information content (AvgIpc) is 2.81. The Labute approximate surface area is 196 Å². The summed E-state index contributed by atoms with van der Waals surface area (Å²) in [5.74, 6) is -1.32. The van der Waals surface area contributed by atoms with Gasteiger partial charge in [0, 0.05) is 23.4 Å². The van der Waals surface area contributed by atoms with Crippen molar-refractivity contribution in [2.45, 2.75) is 32.7 Å². The minimum Gasteiger partial charge on any atom is -0.454 e. The summed E-state index contributed by atoms with van der Waals surface area (Å²) in [7, 11) is 0. The molecule has 1 atom stereocenters. The first kappa shape index (κ1) is 25.9. The van der Waals surface area contributed by atoms with Gasteiger partial charge in [0.2, 0.25) is 0 Å². The van der Waals surface area contributed by atoms with Crippen molar-refractivity contribution in [3.8, 4) is 0 Å². The van der Waals surface area contributed by atoms with Crippen molar-refractivity contribution in [2.24, 2.45) is 0 Å². The van der Waals surface area contributed by atoms with Gasteiger partial charge in [0.1, 0.15) is 6.04 Å². The van der Waals surface area contributed by atoms with E-state index in [1.165, 1.54) is 30.0 Å². The Hall–Kier alpha value is -3.40. The first-order chi connectivity index (χ1) is 15.8. The molecule has 0 fully saturated rings. The third kappa shape index (κ3) is 7.60. The minimum absolute atomic E-state index is 0.0514. The van der Waals surface area contributed by atoms with Gasteiger partial charge in [-0.15, -0.1) is 0 Å². The molecule has 0 heterocycles. The number of carbonyl (C=O) groups is 3. The maximum atomic E-state index is 12.6. The SMILES string of the molecule is CCc1cccc(C)c1NC(=O)COC(=O)C(CCSC)NC(=O)c1cccc([N+](=O)[O-])c1. The van der Waals surface area contributed by atoms with Crippen molar-refractivity contribution in [2.75, 3.05) is 23.9 Å². The summed E-state index contributed by atoms with van der Waals surface area (Å²) in [4.78, 5) is 47.9. The van der Waals surface area contributed by atoms with Gasteiger partial charge in [-0.2, -0.15) is 11.8 Å². The van der Waals surface area contributed by atoms with Gasteiger partial charge in [-0.3, -0.25) is 19.7 Å². The number of hydrogen-bond donors (Lipinski definition) is 2. The van der Waals surface area contributed by atoms with Crippen LogP contribution in [0.1, 0.15) is 34.8 Å². The zero-order valence-electron chi connectivity index (χ0n) is 18.8. The van der Waals surface area contributed by atoms with Gasteiger partial charge in [0.05, 0.1) is 4.92 Å². The van der Waals surface area contributed by atoms with Gasteiger partial charge in [-0.05, 0) is 49.0 Å². The molecule has 2 rings (SSSR count). The number of hydrogen-bond acceptors (Lipinski definition) is 7. The first-order valence-electron chi connectivity index (χ1n) is 10.4. The molecule has 0 aliphatic rings. The predicted molar refractivity (Wildman–Crippen MR) is 127 cm³/mol. The number of para-hydroxylation sites is 1. The number of nitrogens with zero attached hydrogens (tertiary/aromatic N) is 1. The summed E-state index contributed by atoms with van der Waals surface area (Å²) < 4.78 is 5.16. The monoisotopic (exact) mass is 473 g/mol. The fourth-order valence-corrected chi connectivity index (χ4v) is 3.57. The van der Waals surface area contributed by atoms with Crippen molar-refractivity contribution < 1.29 is 24.0 Å². The molecule has 0 aliphatic carbocycles. The first-order valence-corrected chi connectivity index (χ1v) is 11.7. The highest BCUT2D eigenvalue weighted by Gasteiger charge is 2.24. The molecule has 2 aromatic carbocycles. The van der Waals surface area contributed by atoms with E-state index in [1.54, 1.807) is 0 Å². The minimum atomic E-state index is -0.998. The average molecular weight is 474 g/mol. The van der Waals surface area contributed by atoms with Gasteiger partial charge in [0.25, 0.3) is 17.5 Å². The predicted octanol–water partition coefficient (Wildman–Crippen LogP) is 3.50. The fraction of sp³-hybridized carbons (Fsp3) is 0.348. The van der Waals surface area contributed by atoms with E-state index >= 15 is 0 Å². The van der Waals surface area contributed by atoms with Crippen molar-refractivity contribution in [1.29, 1.82) is 0 Å². The van der Waals surface area contributed by atoms with Crippen LogP contribution in [0.15, 0.2) is 42.5 Å². The number of anilines is 1. The number of nitro benzene ring substituents is 1. The molecule has 0 saturated heterocycles. The molecule has 1 unspecified atom stereocenters. The van der Waals surface area contributed by atoms with Crippen molar-refractivity contribution in [3.05, 3.63) is 69.3 Å². The zero-order valence-corrected chi connectivity index (χ0v) is 19.6. The Morgan fingerprint density at radius 1 is 1.18 bits per heavy atom. The highest BCUT2D eigenvalue weighted by Crippen LogP contribution is 2.21. The molecule has 0 aromatic heterocycles. The molecule has 0 saturated carbocycles. The second-order valence-corrected chi connectivity index (χ2v) is 8.22. The van der Waals surface area contributed by atoms with Crippen LogP contribution in [-0.4, -0.2) is 47.4 Å². The lowest BCUT2D eigenvalue weighted by Gasteiger charge is -2.18. The molecule has 0 radical (unpaired) electrons. The Bertz CT molecular complexity index is 1030. The summed E-state index contributed by atoms with van der Waals surface area (Å²) in [6.45, 7) is 3.35. The maximum absolute atomic E-state index is 12.6. The van der Waals surface area contributed by atoms with Gasteiger partial charge in [-0.1, -0.05) is 31.2 Å². The Morgan fingerprint density at radius 2 is 1.91 bits per heavy atom. The molecule has 0 spiro atoms. The molecule has 33 heavy (non-hydrogen) atoms. The number of non-ortho nitro benzene ring substituents is 1. The van der Waals surface area contributed by atoms with E-state index in [-0.39, 0.29) is 17.7 Å². The molecule has 0 aliphatic heterocycles. The van der Waals surface area contributed by atoms with E-state index < -0.39 is 35.4 Å². The largest absolute Gasteiger partial charge is 0.454 e.